The normalized spacial score (nSPS) is 13.8. The third-order valence-electron chi connectivity index (χ3n) is 6.92. The lowest BCUT2D eigenvalue weighted by molar-refractivity contribution is 0.0309. The summed E-state index contributed by atoms with van der Waals surface area (Å²) in [7, 11) is -3.15. The minimum atomic E-state index is -1.57. The summed E-state index contributed by atoms with van der Waals surface area (Å²) in [5.41, 5.74) is 0.178. The Labute approximate surface area is 174 Å². The number of hydrogen-bond donors (Lipinski definition) is 0. The van der Waals surface area contributed by atoms with E-state index in [2.05, 4.69) is 69.2 Å². The van der Waals surface area contributed by atoms with Crippen LogP contribution in [0.1, 0.15) is 82.1 Å². The van der Waals surface area contributed by atoms with E-state index in [0.717, 1.165) is 13.2 Å². The second-order valence-electron chi connectivity index (χ2n) is 9.76. The van der Waals surface area contributed by atoms with E-state index in [1.165, 1.54) is 49.1 Å². The van der Waals surface area contributed by atoms with Crippen LogP contribution in [0.25, 0.3) is 0 Å². The molecule has 0 saturated heterocycles. The average Bonchev–Trinajstić information content (AvgIpc) is 2.64. The molecule has 0 aliphatic rings. The van der Waals surface area contributed by atoms with Crippen molar-refractivity contribution in [2.45, 2.75) is 118 Å². The fourth-order valence-corrected chi connectivity index (χ4v) is 10.3. The third-order valence-corrected chi connectivity index (χ3v) is 16.2. The molecule has 0 aromatic rings. The highest BCUT2D eigenvalue weighted by Crippen LogP contribution is 2.38. The van der Waals surface area contributed by atoms with E-state index in [-0.39, 0.29) is 5.41 Å². The van der Waals surface area contributed by atoms with Gasteiger partial charge in [0.1, 0.15) is 0 Å². The van der Waals surface area contributed by atoms with E-state index in [4.69, 9.17) is 8.85 Å². The summed E-state index contributed by atoms with van der Waals surface area (Å²) in [4.78, 5) is 0. The monoisotopic (exact) mass is 416 g/mol. The summed E-state index contributed by atoms with van der Waals surface area (Å²) < 4.78 is 13.8. The molecule has 0 saturated carbocycles. The van der Waals surface area contributed by atoms with Crippen LogP contribution in [0.3, 0.4) is 0 Å². The van der Waals surface area contributed by atoms with Crippen molar-refractivity contribution in [2.24, 2.45) is 17.3 Å². The molecular formula is C23H52O2Si2. The molecule has 0 rings (SSSR count). The van der Waals surface area contributed by atoms with Crippen molar-refractivity contribution < 1.29 is 8.85 Å². The van der Waals surface area contributed by atoms with Crippen LogP contribution in [-0.2, 0) is 8.85 Å². The Morgan fingerprint density at radius 3 is 1.00 bits per heavy atom. The molecule has 0 aromatic heterocycles. The van der Waals surface area contributed by atoms with E-state index in [0.29, 0.717) is 11.8 Å². The summed E-state index contributed by atoms with van der Waals surface area (Å²) in [6, 6.07) is 7.40. The van der Waals surface area contributed by atoms with E-state index in [1.807, 2.05) is 0 Å². The molecule has 27 heavy (non-hydrogen) atoms. The van der Waals surface area contributed by atoms with Crippen molar-refractivity contribution in [3.05, 3.63) is 0 Å². The lowest BCUT2D eigenvalue weighted by atomic mass is 9.75. The van der Waals surface area contributed by atoms with Gasteiger partial charge in [-0.25, -0.2) is 0 Å². The maximum atomic E-state index is 6.88. The Kier molecular flexibility index (Phi) is 13.0. The molecule has 164 valence electrons. The Morgan fingerprint density at radius 2 is 0.815 bits per heavy atom. The highest BCUT2D eigenvalue weighted by Gasteiger charge is 2.40. The summed E-state index contributed by atoms with van der Waals surface area (Å²) >= 11 is 0. The van der Waals surface area contributed by atoms with Gasteiger partial charge in [-0.15, -0.1) is 0 Å². The quantitative estimate of drug-likeness (QED) is 0.236. The van der Waals surface area contributed by atoms with Crippen LogP contribution in [-0.4, -0.2) is 29.8 Å². The molecule has 0 aromatic carbocycles. The molecule has 0 radical (unpaired) electrons. The first-order valence-electron chi connectivity index (χ1n) is 11.9. The molecule has 2 nitrogen and oxygen atoms in total. The number of hydrogen-bond acceptors (Lipinski definition) is 2. The minimum absolute atomic E-state index is 0.178. The highest BCUT2D eigenvalue weighted by atomic mass is 28.4. The zero-order chi connectivity index (χ0) is 21.1. The Hall–Kier alpha value is 0.354. The predicted octanol–water partition coefficient (Wildman–Crippen LogP) is 8.11. The zero-order valence-corrected chi connectivity index (χ0v) is 22.5. The Balaban J connectivity index is 5.62. The second-order valence-corrected chi connectivity index (χ2v) is 19.3. The van der Waals surface area contributed by atoms with Crippen LogP contribution < -0.4 is 0 Å². The van der Waals surface area contributed by atoms with Gasteiger partial charge in [-0.05, 0) is 60.9 Å². The third kappa shape index (κ3) is 8.71. The fraction of sp³-hybridized carbons (Fsp3) is 1.00. The molecule has 0 spiro atoms. The van der Waals surface area contributed by atoms with Crippen molar-refractivity contribution in [3.63, 3.8) is 0 Å². The molecule has 0 aliphatic heterocycles. The first-order chi connectivity index (χ1) is 12.6. The topological polar surface area (TPSA) is 18.5 Å². The molecule has 0 bridgehead atoms. The van der Waals surface area contributed by atoms with E-state index in [1.54, 1.807) is 0 Å². The van der Waals surface area contributed by atoms with Gasteiger partial charge in [-0.2, -0.15) is 0 Å². The minimum Gasteiger partial charge on any atom is -0.416 e. The summed E-state index contributed by atoms with van der Waals surface area (Å²) in [5, 5.41) is 0. The van der Waals surface area contributed by atoms with Crippen LogP contribution in [0.15, 0.2) is 0 Å². The maximum absolute atomic E-state index is 6.88. The van der Waals surface area contributed by atoms with Crippen LogP contribution in [0.4, 0.5) is 0 Å². The predicted molar refractivity (Wildman–Crippen MR) is 128 cm³/mol. The van der Waals surface area contributed by atoms with E-state index in [9.17, 15) is 0 Å². The van der Waals surface area contributed by atoms with Crippen LogP contribution in [0.2, 0.25) is 36.3 Å². The highest BCUT2D eigenvalue weighted by molar-refractivity contribution is 6.74. The molecule has 0 aliphatic carbocycles. The molecule has 0 atom stereocenters. The van der Waals surface area contributed by atoms with Gasteiger partial charge in [0.2, 0.25) is 0 Å². The molecular weight excluding hydrogens is 364 g/mol. The van der Waals surface area contributed by atoms with Gasteiger partial charge in [0.15, 0.2) is 16.6 Å². The molecule has 0 N–H and O–H groups in total. The van der Waals surface area contributed by atoms with E-state index >= 15 is 0 Å². The summed E-state index contributed by atoms with van der Waals surface area (Å²) in [5.74, 6) is 1.36. The van der Waals surface area contributed by atoms with Crippen molar-refractivity contribution in [1.29, 1.82) is 0 Å². The van der Waals surface area contributed by atoms with Crippen molar-refractivity contribution in [2.75, 3.05) is 13.2 Å². The summed E-state index contributed by atoms with van der Waals surface area (Å²) in [6.45, 7) is 25.3. The average molecular weight is 417 g/mol. The standard InChI is InChI=1S/C23H52O2Si2/c1-11-26(12-2,13-3)24-19-23(17-21(7)8,18-22(9)10)20-25-27(14-4,15-5)16-6/h21-22H,11-20H2,1-10H3. The molecule has 0 heterocycles. The van der Waals surface area contributed by atoms with Crippen molar-refractivity contribution in [3.8, 4) is 0 Å². The van der Waals surface area contributed by atoms with Gasteiger partial charge in [0.05, 0.1) is 0 Å². The Morgan fingerprint density at radius 1 is 0.556 bits per heavy atom. The van der Waals surface area contributed by atoms with Gasteiger partial charge in [-0.1, -0.05) is 69.2 Å². The largest absolute Gasteiger partial charge is 0.416 e. The van der Waals surface area contributed by atoms with Crippen molar-refractivity contribution in [1.82, 2.24) is 0 Å². The maximum Gasteiger partial charge on any atom is 0.192 e. The number of rotatable bonds is 16. The second kappa shape index (κ2) is 12.8. The molecule has 4 heteroatoms. The SMILES string of the molecule is CC[Si](CC)(CC)OCC(CO[Si](CC)(CC)CC)(CC(C)C)CC(C)C. The van der Waals surface area contributed by atoms with E-state index < -0.39 is 16.6 Å². The lowest BCUT2D eigenvalue weighted by Crippen LogP contribution is -2.46. The summed E-state index contributed by atoms with van der Waals surface area (Å²) in [6.07, 6.45) is 2.43. The van der Waals surface area contributed by atoms with Gasteiger partial charge < -0.3 is 8.85 Å². The fourth-order valence-electron chi connectivity index (χ4n) is 4.82. The lowest BCUT2D eigenvalue weighted by Gasteiger charge is -2.42. The zero-order valence-electron chi connectivity index (χ0n) is 20.5. The van der Waals surface area contributed by atoms with Crippen LogP contribution in [0.5, 0.6) is 0 Å². The van der Waals surface area contributed by atoms with Gasteiger partial charge in [0, 0.05) is 18.6 Å². The Bertz CT molecular complexity index is 322. The van der Waals surface area contributed by atoms with Gasteiger partial charge in [0.25, 0.3) is 0 Å². The molecule has 0 fully saturated rings. The first-order valence-corrected chi connectivity index (χ1v) is 16.9. The molecule has 0 amide bonds. The van der Waals surface area contributed by atoms with Gasteiger partial charge >= 0.3 is 0 Å². The smallest absolute Gasteiger partial charge is 0.192 e. The van der Waals surface area contributed by atoms with Gasteiger partial charge in [-0.3, -0.25) is 0 Å². The van der Waals surface area contributed by atoms with Crippen LogP contribution in [0, 0.1) is 17.3 Å². The molecule has 0 unspecified atom stereocenters. The first kappa shape index (κ1) is 27.4. The van der Waals surface area contributed by atoms with Crippen molar-refractivity contribution >= 4 is 16.6 Å². The van der Waals surface area contributed by atoms with Crippen LogP contribution >= 0.6 is 0 Å².